The van der Waals surface area contributed by atoms with Crippen LogP contribution >= 0.6 is 12.2 Å². The van der Waals surface area contributed by atoms with Gasteiger partial charge < -0.3 is 19.5 Å². The summed E-state index contributed by atoms with van der Waals surface area (Å²) in [6.07, 6.45) is 5.57. The number of aromatic nitrogens is 3. The number of aryl methyl sites for hydroxylation is 1. The Balaban J connectivity index is 1.47. The lowest BCUT2D eigenvalue weighted by molar-refractivity contribution is 0.0350. The minimum absolute atomic E-state index is 0.00765. The van der Waals surface area contributed by atoms with Gasteiger partial charge in [-0.05, 0) is 67.5 Å². The first-order chi connectivity index (χ1) is 16.6. The average molecular weight is 477 g/mol. The monoisotopic (exact) mass is 476 g/mol. The summed E-state index contributed by atoms with van der Waals surface area (Å²) in [4.78, 5) is 13.7. The number of hydrogen-bond donors (Lipinski definition) is 1. The lowest BCUT2D eigenvalue weighted by Crippen LogP contribution is -2.42. The Bertz CT molecular complexity index is 1110. The zero-order chi connectivity index (χ0) is 23.5. The number of ether oxygens (including phenoxy) is 1. The first-order valence-electron chi connectivity index (χ1n) is 12.0. The third kappa shape index (κ3) is 4.71. The first kappa shape index (κ1) is 23.0. The van der Waals surface area contributed by atoms with Crippen molar-refractivity contribution in [3.05, 3.63) is 83.2 Å². The van der Waals surface area contributed by atoms with Gasteiger partial charge in [0.1, 0.15) is 0 Å². The van der Waals surface area contributed by atoms with Crippen LogP contribution in [0.1, 0.15) is 40.3 Å². The molecule has 2 aliphatic heterocycles. The van der Waals surface area contributed by atoms with Crippen LogP contribution in [0.25, 0.3) is 0 Å². The fourth-order valence-corrected chi connectivity index (χ4v) is 5.43. The maximum Gasteiger partial charge on any atom is 0.170 e. The summed E-state index contributed by atoms with van der Waals surface area (Å²) < 4.78 is 7.92. The summed E-state index contributed by atoms with van der Waals surface area (Å²) in [7, 11) is 0. The third-order valence-electron chi connectivity index (χ3n) is 6.98. The molecule has 3 aromatic heterocycles. The molecule has 8 heteroatoms. The van der Waals surface area contributed by atoms with Crippen molar-refractivity contribution in [3.63, 3.8) is 0 Å². The van der Waals surface area contributed by atoms with E-state index in [1.807, 2.05) is 30.7 Å². The van der Waals surface area contributed by atoms with E-state index in [2.05, 4.69) is 62.8 Å². The van der Waals surface area contributed by atoms with Crippen LogP contribution in [0.4, 0.5) is 0 Å². The van der Waals surface area contributed by atoms with Gasteiger partial charge in [0.25, 0.3) is 0 Å². The van der Waals surface area contributed by atoms with E-state index in [1.165, 1.54) is 22.5 Å². The van der Waals surface area contributed by atoms with Crippen molar-refractivity contribution < 1.29 is 4.74 Å². The van der Waals surface area contributed by atoms with Crippen molar-refractivity contribution in [1.82, 2.24) is 29.7 Å². The van der Waals surface area contributed by atoms with Gasteiger partial charge in [-0.2, -0.15) is 0 Å². The minimum Gasteiger partial charge on any atom is -0.379 e. The molecule has 2 atom stereocenters. The van der Waals surface area contributed by atoms with Gasteiger partial charge in [0.2, 0.25) is 0 Å². The number of rotatable bonds is 7. The van der Waals surface area contributed by atoms with Crippen LogP contribution in [-0.4, -0.2) is 68.8 Å². The van der Waals surface area contributed by atoms with E-state index in [4.69, 9.17) is 21.9 Å². The molecule has 2 saturated heterocycles. The molecule has 0 unspecified atom stereocenters. The molecule has 2 fully saturated rings. The van der Waals surface area contributed by atoms with Crippen LogP contribution in [0.2, 0.25) is 0 Å². The van der Waals surface area contributed by atoms with Crippen molar-refractivity contribution in [3.8, 4) is 0 Å². The molecule has 0 saturated carbocycles. The molecule has 5 heterocycles. The maximum absolute atomic E-state index is 5.88. The number of hydrogen-bond acceptors (Lipinski definition) is 5. The lowest BCUT2D eigenvalue weighted by atomic mass is 9.96. The standard InChI is InChI=1S/C26H32N6OS/c1-19-17-22(20(2)32(19)18-21-6-9-27-10-7-21)25-24(23-5-3-4-8-28-23)29-26(34)31(25)12-11-30-13-15-33-16-14-30/h3-10,17,24-25H,11-16,18H2,1-2H3,(H,29,34)/t24-,25-/m0/s1. The Morgan fingerprint density at radius 3 is 2.59 bits per heavy atom. The van der Waals surface area contributed by atoms with Crippen molar-refractivity contribution >= 4 is 17.3 Å². The zero-order valence-electron chi connectivity index (χ0n) is 19.9. The fraction of sp³-hybridized carbons (Fsp3) is 0.423. The van der Waals surface area contributed by atoms with Crippen molar-refractivity contribution in [2.45, 2.75) is 32.5 Å². The van der Waals surface area contributed by atoms with E-state index in [0.29, 0.717) is 0 Å². The average Bonchev–Trinajstić information content (AvgIpc) is 3.35. The van der Waals surface area contributed by atoms with Gasteiger partial charge in [-0.1, -0.05) is 6.07 Å². The highest BCUT2D eigenvalue weighted by Crippen LogP contribution is 2.40. The molecule has 34 heavy (non-hydrogen) atoms. The van der Waals surface area contributed by atoms with Gasteiger partial charge in [-0.3, -0.25) is 14.9 Å². The second-order valence-electron chi connectivity index (χ2n) is 9.04. The van der Waals surface area contributed by atoms with Gasteiger partial charge in [0, 0.05) is 62.7 Å². The Labute approximate surface area is 206 Å². The molecule has 0 spiro atoms. The van der Waals surface area contributed by atoms with Crippen molar-refractivity contribution in [2.75, 3.05) is 39.4 Å². The molecule has 1 N–H and O–H groups in total. The Hall–Kier alpha value is -2.81. The van der Waals surface area contributed by atoms with E-state index in [0.717, 1.165) is 56.7 Å². The van der Waals surface area contributed by atoms with E-state index >= 15 is 0 Å². The molecule has 0 aromatic carbocycles. The molecule has 7 nitrogen and oxygen atoms in total. The molecule has 2 aliphatic rings. The molecular weight excluding hydrogens is 444 g/mol. The molecule has 0 aliphatic carbocycles. The highest BCUT2D eigenvalue weighted by atomic mass is 32.1. The molecular formula is C26H32N6OS. The van der Waals surface area contributed by atoms with Crippen LogP contribution in [-0.2, 0) is 11.3 Å². The molecule has 178 valence electrons. The highest BCUT2D eigenvalue weighted by Gasteiger charge is 2.41. The number of nitrogens with zero attached hydrogens (tertiary/aromatic N) is 5. The van der Waals surface area contributed by atoms with Crippen molar-refractivity contribution in [1.29, 1.82) is 0 Å². The molecule has 0 radical (unpaired) electrons. The summed E-state index contributed by atoms with van der Waals surface area (Å²) >= 11 is 5.88. The Morgan fingerprint density at radius 2 is 1.85 bits per heavy atom. The molecule has 3 aromatic rings. The zero-order valence-corrected chi connectivity index (χ0v) is 20.7. The van der Waals surface area contributed by atoms with Gasteiger partial charge in [-0.15, -0.1) is 0 Å². The second-order valence-corrected chi connectivity index (χ2v) is 9.43. The summed E-state index contributed by atoms with van der Waals surface area (Å²) in [6, 6.07) is 12.7. The van der Waals surface area contributed by atoms with Crippen LogP contribution in [0.15, 0.2) is 55.0 Å². The highest BCUT2D eigenvalue weighted by molar-refractivity contribution is 7.80. The number of pyridine rings is 2. The predicted octanol–water partition coefficient (Wildman–Crippen LogP) is 3.25. The SMILES string of the molecule is Cc1cc([C@H]2[C@H](c3ccccn3)NC(=S)N2CCN2CCOCC2)c(C)n1Cc1ccncc1. The predicted molar refractivity (Wildman–Crippen MR) is 137 cm³/mol. The summed E-state index contributed by atoms with van der Waals surface area (Å²) in [6.45, 7) is 10.6. The van der Waals surface area contributed by atoms with Crippen LogP contribution < -0.4 is 5.32 Å². The van der Waals surface area contributed by atoms with Gasteiger partial charge in [0.15, 0.2) is 5.11 Å². The second kappa shape index (κ2) is 10.2. The Kier molecular flexibility index (Phi) is 6.89. The number of nitrogens with one attached hydrogen (secondary N) is 1. The summed E-state index contributed by atoms with van der Waals surface area (Å²) in [5.41, 5.74) is 6.08. The normalized spacial score (nSPS) is 21.1. The van der Waals surface area contributed by atoms with Gasteiger partial charge >= 0.3 is 0 Å². The topological polar surface area (TPSA) is 58.5 Å². The number of morpholine rings is 1. The van der Waals surface area contributed by atoms with Crippen LogP contribution in [0, 0.1) is 13.8 Å². The summed E-state index contributed by atoms with van der Waals surface area (Å²) in [5, 5.41) is 4.40. The fourth-order valence-electron chi connectivity index (χ4n) is 5.10. The summed E-state index contributed by atoms with van der Waals surface area (Å²) in [5.74, 6) is 0. The van der Waals surface area contributed by atoms with Crippen molar-refractivity contribution in [2.24, 2.45) is 0 Å². The molecule has 0 bridgehead atoms. The largest absolute Gasteiger partial charge is 0.379 e. The Morgan fingerprint density at radius 1 is 1.06 bits per heavy atom. The molecule has 0 amide bonds. The lowest BCUT2D eigenvalue weighted by Gasteiger charge is -2.32. The van der Waals surface area contributed by atoms with Gasteiger partial charge in [0.05, 0.1) is 31.0 Å². The van der Waals surface area contributed by atoms with Crippen LogP contribution in [0.3, 0.4) is 0 Å². The van der Waals surface area contributed by atoms with E-state index < -0.39 is 0 Å². The van der Waals surface area contributed by atoms with E-state index in [1.54, 1.807) is 0 Å². The number of thiocarbonyl (C=S) groups is 1. The third-order valence-corrected chi connectivity index (χ3v) is 7.33. The molecule has 5 rings (SSSR count). The maximum atomic E-state index is 5.88. The quantitative estimate of drug-likeness (QED) is 0.526. The first-order valence-corrected chi connectivity index (χ1v) is 12.4. The van der Waals surface area contributed by atoms with Crippen LogP contribution in [0.5, 0.6) is 0 Å². The van der Waals surface area contributed by atoms with E-state index in [-0.39, 0.29) is 12.1 Å². The minimum atomic E-state index is 0.00765. The van der Waals surface area contributed by atoms with Gasteiger partial charge in [-0.25, -0.2) is 0 Å². The smallest absolute Gasteiger partial charge is 0.170 e. The van der Waals surface area contributed by atoms with E-state index in [9.17, 15) is 0 Å².